The Labute approximate surface area is 70.8 Å². The number of hydrogen-bond donors (Lipinski definition) is 4. The number of aliphatic hydroxyl groups is 2. The lowest BCUT2D eigenvalue weighted by Gasteiger charge is -2.34. The van der Waals surface area contributed by atoms with Crippen LogP contribution in [-0.2, 0) is 10.1 Å². The van der Waals surface area contributed by atoms with E-state index in [0.29, 0.717) is 0 Å². The van der Waals surface area contributed by atoms with Crippen LogP contribution in [-0.4, -0.2) is 33.8 Å². The van der Waals surface area contributed by atoms with Gasteiger partial charge in [0, 0.05) is 0 Å². The van der Waals surface area contributed by atoms with E-state index >= 15 is 0 Å². The fourth-order valence-electron chi connectivity index (χ4n) is 0.762. The Morgan fingerprint density at radius 1 is 1.42 bits per heavy atom. The van der Waals surface area contributed by atoms with Crippen molar-refractivity contribution in [2.45, 2.75) is 30.9 Å². The van der Waals surface area contributed by atoms with E-state index in [2.05, 4.69) is 0 Å². The Morgan fingerprint density at radius 3 is 1.75 bits per heavy atom. The van der Waals surface area contributed by atoms with Gasteiger partial charge < -0.3 is 15.9 Å². The lowest BCUT2D eigenvalue weighted by Crippen LogP contribution is -2.63. The van der Waals surface area contributed by atoms with Crippen LogP contribution < -0.4 is 5.73 Å². The first-order valence-electron chi connectivity index (χ1n) is 3.27. The number of rotatable bonds is 3. The van der Waals surface area contributed by atoms with Crippen LogP contribution in [0, 0.1) is 0 Å². The highest BCUT2D eigenvalue weighted by atomic mass is 32.2. The molecule has 12 heavy (non-hydrogen) atoms. The van der Waals surface area contributed by atoms with Gasteiger partial charge in [-0.15, -0.1) is 0 Å². The Hall–Kier alpha value is -0.210. The van der Waals surface area contributed by atoms with Crippen molar-refractivity contribution in [2.24, 2.45) is 5.73 Å². The molecule has 6 nitrogen and oxygen atoms in total. The van der Waals surface area contributed by atoms with E-state index < -0.39 is 20.8 Å². The van der Waals surface area contributed by atoms with E-state index in [1.54, 1.807) is 0 Å². The van der Waals surface area contributed by atoms with Crippen LogP contribution in [0.2, 0.25) is 0 Å². The molecule has 0 aromatic heterocycles. The highest BCUT2D eigenvalue weighted by Gasteiger charge is 2.51. The van der Waals surface area contributed by atoms with Gasteiger partial charge in [-0.25, -0.2) is 0 Å². The summed E-state index contributed by atoms with van der Waals surface area (Å²) in [6.07, 6.45) is -0.310. The SMILES string of the molecule is CCC(N)(C(C)(O)O)S(=O)(=O)O. The summed E-state index contributed by atoms with van der Waals surface area (Å²) in [7, 11) is -4.69. The highest BCUT2D eigenvalue weighted by Crippen LogP contribution is 2.25. The molecule has 0 saturated heterocycles. The third-order valence-corrected chi connectivity index (χ3v) is 3.38. The molecule has 0 amide bonds. The summed E-state index contributed by atoms with van der Waals surface area (Å²) in [4.78, 5) is -2.44. The summed E-state index contributed by atoms with van der Waals surface area (Å²) in [6, 6.07) is 0. The Kier molecular flexibility index (Phi) is 2.88. The second-order valence-electron chi connectivity index (χ2n) is 2.74. The predicted octanol–water partition coefficient (Wildman–Crippen LogP) is -1.36. The van der Waals surface area contributed by atoms with Crippen LogP contribution in [0.25, 0.3) is 0 Å². The first-order valence-corrected chi connectivity index (χ1v) is 4.71. The molecule has 0 spiro atoms. The average molecular weight is 199 g/mol. The fourth-order valence-corrected chi connectivity index (χ4v) is 1.62. The molecule has 0 bridgehead atoms. The number of hydrogen-bond acceptors (Lipinski definition) is 5. The third-order valence-electron chi connectivity index (χ3n) is 1.79. The second-order valence-corrected chi connectivity index (χ2v) is 4.42. The van der Waals surface area contributed by atoms with Gasteiger partial charge in [-0.3, -0.25) is 4.55 Å². The predicted molar refractivity (Wildman–Crippen MR) is 41.6 cm³/mol. The molecule has 0 aliphatic rings. The molecular formula is C5H13NO5S. The summed E-state index contributed by atoms with van der Waals surface area (Å²) in [5, 5.41) is 17.9. The molecule has 0 aromatic rings. The molecule has 1 unspecified atom stereocenters. The third kappa shape index (κ3) is 1.75. The molecule has 0 aliphatic carbocycles. The van der Waals surface area contributed by atoms with Crippen molar-refractivity contribution in [1.82, 2.24) is 0 Å². The minimum absolute atomic E-state index is 0.310. The quantitative estimate of drug-likeness (QED) is 0.329. The average Bonchev–Trinajstić information content (AvgIpc) is 1.81. The van der Waals surface area contributed by atoms with Gasteiger partial charge in [-0.05, 0) is 13.3 Å². The van der Waals surface area contributed by atoms with Gasteiger partial charge in [0.15, 0.2) is 10.7 Å². The molecule has 74 valence electrons. The molecule has 1 atom stereocenters. The zero-order chi connectivity index (χ0) is 10.2. The summed E-state index contributed by atoms with van der Waals surface area (Å²) >= 11 is 0. The molecule has 5 N–H and O–H groups in total. The van der Waals surface area contributed by atoms with E-state index in [9.17, 15) is 8.42 Å². The van der Waals surface area contributed by atoms with Gasteiger partial charge in [0.25, 0.3) is 10.1 Å². The molecule has 0 rings (SSSR count). The molecular weight excluding hydrogens is 186 g/mol. The van der Waals surface area contributed by atoms with E-state index in [1.165, 1.54) is 6.92 Å². The summed E-state index contributed by atoms with van der Waals surface area (Å²) in [6.45, 7) is 2.11. The summed E-state index contributed by atoms with van der Waals surface area (Å²) in [5.41, 5.74) is 5.11. The normalized spacial score (nSPS) is 18.8. The smallest absolute Gasteiger partial charge is 0.289 e. The van der Waals surface area contributed by atoms with Crippen LogP contribution in [0.4, 0.5) is 0 Å². The fraction of sp³-hybridized carbons (Fsp3) is 1.00. The van der Waals surface area contributed by atoms with Crippen molar-refractivity contribution in [3.05, 3.63) is 0 Å². The lowest BCUT2D eigenvalue weighted by molar-refractivity contribution is -0.174. The molecule has 0 radical (unpaired) electrons. The van der Waals surface area contributed by atoms with Crippen molar-refractivity contribution in [1.29, 1.82) is 0 Å². The molecule has 0 aromatic carbocycles. The van der Waals surface area contributed by atoms with Crippen LogP contribution in [0.15, 0.2) is 0 Å². The topological polar surface area (TPSA) is 121 Å². The highest BCUT2D eigenvalue weighted by molar-refractivity contribution is 7.87. The minimum atomic E-state index is -4.69. The maximum Gasteiger partial charge on any atom is 0.289 e. The molecule has 0 fully saturated rings. The van der Waals surface area contributed by atoms with Crippen molar-refractivity contribution < 1.29 is 23.2 Å². The van der Waals surface area contributed by atoms with Crippen LogP contribution >= 0.6 is 0 Å². The molecule has 0 heterocycles. The first-order chi connectivity index (χ1) is 5.06. The molecule has 7 heteroatoms. The monoisotopic (exact) mass is 199 g/mol. The Morgan fingerprint density at radius 2 is 1.75 bits per heavy atom. The Bertz CT molecular complexity index is 254. The van der Waals surface area contributed by atoms with E-state index in [1.807, 2.05) is 0 Å². The van der Waals surface area contributed by atoms with E-state index in [-0.39, 0.29) is 6.42 Å². The van der Waals surface area contributed by atoms with Gasteiger partial charge >= 0.3 is 0 Å². The Balaban J connectivity index is 5.25. The molecule has 0 aliphatic heterocycles. The summed E-state index contributed by atoms with van der Waals surface area (Å²) in [5.74, 6) is -2.67. The van der Waals surface area contributed by atoms with Crippen LogP contribution in [0.3, 0.4) is 0 Å². The van der Waals surface area contributed by atoms with E-state index in [0.717, 1.165) is 6.92 Å². The standard InChI is InChI=1S/C5H13NO5S/c1-3-5(6,4(2,7)8)12(9,10)11/h7-8H,3,6H2,1-2H3,(H,9,10,11). The van der Waals surface area contributed by atoms with Gasteiger partial charge in [-0.2, -0.15) is 8.42 Å². The largest absolute Gasteiger partial charge is 0.363 e. The van der Waals surface area contributed by atoms with Crippen molar-refractivity contribution in [3.8, 4) is 0 Å². The first kappa shape index (κ1) is 11.8. The van der Waals surface area contributed by atoms with Crippen LogP contribution in [0.1, 0.15) is 20.3 Å². The molecule has 0 saturated carbocycles. The summed E-state index contributed by atoms with van der Waals surface area (Å²) < 4.78 is 29.9. The van der Waals surface area contributed by atoms with Gasteiger partial charge in [0.2, 0.25) is 0 Å². The maximum absolute atomic E-state index is 10.6. The van der Waals surface area contributed by atoms with Gasteiger partial charge in [0.05, 0.1) is 0 Å². The van der Waals surface area contributed by atoms with Gasteiger partial charge in [-0.1, -0.05) is 6.92 Å². The van der Waals surface area contributed by atoms with Crippen LogP contribution in [0.5, 0.6) is 0 Å². The minimum Gasteiger partial charge on any atom is -0.363 e. The zero-order valence-corrected chi connectivity index (χ0v) is 7.67. The van der Waals surface area contributed by atoms with E-state index in [4.69, 9.17) is 20.5 Å². The second kappa shape index (κ2) is 2.93. The number of nitrogens with two attached hydrogens (primary N) is 1. The van der Waals surface area contributed by atoms with Crippen molar-refractivity contribution in [2.75, 3.05) is 0 Å². The maximum atomic E-state index is 10.6. The van der Waals surface area contributed by atoms with Crippen molar-refractivity contribution in [3.63, 3.8) is 0 Å². The zero-order valence-electron chi connectivity index (χ0n) is 6.85. The van der Waals surface area contributed by atoms with Crippen molar-refractivity contribution >= 4 is 10.1 Å². The van der Waals surface area contributed by atoms with Gasteiger partial charge in [0.1, 0.15) is 0 Å². The lowest BCUT2D eigenvalue weighted by atomic mass is 10.1.